The van der Waals surface area contributed by atoms with Gasteiger partial charge in [0.2, 0.25) is 11.8 Å². The van der Waals surface area contributed by atoms with Crippen LogP contribution in [0.2, 0.25) is 0 Å². The first-order valence-electron chi connectivity index (χ1n) is 10.6. The van der Waals surface area contributed by atoms with Gasteiger partial charge in [-0.25, -0.2) is 4.99 Å². The Kier molecular flexibility index (Phi) is 6.61. The first-order chi connectivity index (χ1) is 15.1. The van der Waals surface area contributed by atoms with Crippen molar-refractivity contribution in [3.05, 3.63) is 60.2 Å². The molecule has 4 rings (SSSR count). The number of amidine groups is 1. The minimum Gasteiger partial charge on any atom is -0.492 e. The molecule has 2 fully saturated rings. The summed E-state index contributed by atoms with van der Waals surface area (Å²) in [5.41, 5.74) is 1.79. The molecule has 2 aliphatic heterocycles. The minimum atomic E-state index is -0.343. The van der Waals surface area contributed by atoms with Crippen molar-refractivity contribution in [2.75, 3.05) is 18.9 Å². The maximum atomic E-state index is 13.4. The fourth-order valence-electron chi connectivity index (χ4n) is 3.95. The van der Waals surface area contributed by atoms with Crippen molar-refractivity contribution in [1.29, 1.82) is 0 Å². The van der Waals surface area contributed by atoms with Crippen LogP contribution in [-0.2, 0) is 16.1 Å². The maximum Gasteiger partial charge on any atom is 0.234 e. The van der Waals surface area contributed by atoms with E-state index >= 15 is 0 Å². The highest BCUT2D eigenvalue weighted by Gasteiger charge is 2.41. The van der Waals surface area contributed by atoms with Crippen molar-refractivity contribution in [3.63, 3.8) is 0 Å². The Labute approximate surface area is 187 Å². The Morgan fingerprint density at radius 2 is 1.90 bits per heavy atom. The fraction of sp³-hybridized carbons (Fsp3) is 0.375. The summed E-state index contributed by atoms with van der Waals surface area (Å²) in [5, 5.41) is 0.679. The monoisotopic (exact) mass is 437 g/mol. The van der Waals surface area contributed by atoms with Crippen LogP contribution in [-0.4, -0.2) is 51.7 Å². The zero-order chi connectivity index (χ0) is 21.8. The van der Waals surface area contributed by atoms with Gasteiger partial charge in [-0.05, 0) is 31.5 Å². The molecule has 2 unspecified atom stereocenters. The van der Waals surface area contributed by atoms with E-state index < -0.39 is 0 Å². The number of benzene rings is 2. The molecule has 0 aromatic heterocycles. The molecule has 0 bridgehead atoms. The molecule has 0 spiro atoms. The zero-order valence-corrected chi connectivity index (χ0v) is 18.7. The van der Waals surface area contributed by atoms with E-state index in [0.717, 1.165) is 11.3 Å². The van der Waals surface area contributed by atoms with Crippen LogP contribution in [0.15, 0.2) is 59.6 Å². The summed E-state index contributed by atoms with van der Waals surface area (Å²) in [7, 11) is 0. The van der Waals surface area contributed by atoms with E-state index in [9.17, 15) is 9.59 Å². The van der Waals surface area contributed by atoms with Gasteiger partial charge in [0.25, 0.3) is 0 Å². The van der Waals surface area contributed by atoms with Gasteiger partial charge in [0.05, 0.1) is 12.5 Å². The van der Waals surface area contributed by atoms with Gasteiger partial charge in [-0.1, -0.05) is 54.2 Å². The van der Waals surface area contributed by atoms with Crippen LogP contribution in [0.4, 0.5) is 5.69 Å². The summed E-state index contributed by atoms with van der Waals surface area (Å²) in [6.07, 6.45) is 0.252. The fourth-order valence-corrected chi connectivity index (χ4v) is 5.06. The number of carbonyl (C=O) groups is 2. The van der Waals surface area contributed by atoms with Crippen LogP contribution in [0.25, 0.3) is 0 Å². The highest BCUT2D eigenvalue weighted by Crippen LogP contribution is 2.34. The summed E-state index contributed by atoms with van der Waals surface area (Å²) in [5.74, 6) is 1.16. The van der Waals surface area contributed by atoms with E-state index in [1.165, 1.54) is 0 Å². The Hall–Kier alpha value is -2.80. The van der Waals surface area contributed by atoms with Gasteiger partial charge in [-0.15, -0.1) is 0 Å². The third-order valence-corrected chi connectivity index (χ3v) is 6.69. The van der Waals surface area contributed by atoms with Crippen LogP contribution >= 0.6 is 11.8 Å². The summed E-state index contributed by atoms with van der Waals surface area (Å²) in [6.45, 7) is 5.50. The van der Waals surface area contributed by atoms with Gasteiger partial charge in [-0.2, -0.15) is 0 Å². The van der Waals surface area contributed by atoms with E-state index in [2.05, 4.69) is 0 Å². The average Bonchev–Trinajstić information content (AvgIpc) is 3.32. The lowest BCUT2D eigenvalue weighted by Crippen LogP contribution is -2.42. The number of para-hydroxylation sites is 2. The molecule has 0 N–H and O–H groups in total. The Bertz CT molecular complexity index is 979. The number of hydrogen-bond donors (Lipinski definition) is 0. The topological polar surface area (TPSA) is 62.2 Å². The Morgan fingerprint density at radius 1 is 1.16 bits per heavy atom. The van der Waals surface area contributed by atoms with Crippen LogP contribution in [0.5, 0.6) is 5.75 Å². The summed E-state index contributed by atoms with van der Waals surface area (Å²) < 4.78 is 5.68. The van der Waals surface area contributed by atoms with Crippen molar-refractivity contribution < 1.29 is 14.3 Å². The van der Waals surface area contributed by atoms with E-state index in [4.69, 9.17) is 9.73 Å². The van der Waals surface area contributed by atoms with Crippen molar-refractivity contribution in [2.45, 2.75) is 32.9 Å². The zero-order valence-electron chi connectivity index (χ0n) is 17.9. The van der Waals surface area contributed by atoms with E-state index in [1.54, 1.807) is 21.6 Å². The van der Waals surface area contributed by atoms with Crippen molar-refractivity contribution in [3.8, 4) is 5.75 Å². The summed E-state index contributed by atoms with van der Waals surface area (Å²) in [4.78, 5) is 34.3. The molecule has 2 aliphatic rings. The maximum absolute atomic E-state index is 13.4. The highest BCUT2D eigenvalue weighted by molar-refractivity contribution is 8.14. The second kappa shape index (κ2) is 9.56. The number of hydrogen-bond acceptors (Lipinski definition) is 5. The van der Waals surface area contributed by atoms with Crippen LogP contribution < -0.4 is 4.74 Å². The first kappa shape index (κ1) is 21.4. The number of carbonyl (C=O) groups excluding carboxylic acids is 2. The standard InChI is InChI=1S/C24H27N3O3S/c1-3-30-21-12-8-7-11-20(21)25-24-27(17(2)16-31-24)23(29)19-13-22(28)26(15-19)14-18-9-5-4-6-10-18/h4-12,17,19H,3,13-16H2,1-2H3. The molecule has 2 aromatic carbocycles. The van der Waals surface area contributed by atoms with Crippen molar-refractivity contribution in [1.82, 2.24) is 9.80 Å². The molecule has 0 saturated carbocycles. The highest BCUT2D eigenvalue weighted by atomic mass is 32.2. The number of nitrogens with zero attached hydrogens (tertiary/aromatic N) is 3. The quantitative estimate of drug-likeness (QED) is 0.683. The van der Waals surface area contributed by atoms with Gasteiger partial charge in [-0.3, -0.25) is 14.5 Å². The summed E-state index contributed by atoms with van der Waals surface area (Å²) >= 11 is 1.57. The average molecular weight is 438 g/mol. The molecule has 7 heteroatoms. The molecule has 162 valence electrons. The molecule has 2 amide bonds. The molecule has 6 nitrogen and oxygen atoms in total. The van der Waals surface area contributed by atoms with Gasteiger partial charge >= 0.3 is 0 Å². The third kappa shape index (κ3) is 4.77. The van der Waals surface area contributed by atoms with Gasteiger partial charge in [0.15, 0.2) is 5.17 Å². The van der Waals surface area contributed by atoms with Crippen LogP contribution in [0.1, 0.15) is 25.8 Å². The SMILES string of the molecule is CCOc1ccccc1N=C1SCC(C)N1C(=O)C1CC(=O)N(Cc2ccccc2)C1. The number of thioether (sulfide) groups is 1. The van der Waals surface area contributed by atoms with E-state index in [1.807, 2.05) is 68.4 Å². The minimum absolute atomic E-state index is 0.0194. The molecule has 2 heterocycles. The second-order valence-electron chi connectivity index (χ2n) is 7.82. The predicted molar refractivity (Wildman–Crippen MR) is 123 cm³/mol. The predicted octanol–water partition coefficient (Wildman–Crippen LogP) is 4.09. The number of amides is 2. The van der Waals surface area contributed by atoms with Gasteiger partial charge in [0, 0.05) is 31.3 Å². The molecule has 0 radical (unpaired) electrons. The molecule has 2 saturated heterocycles. The molecular weight excluding hydrogens is 410 g/mol. The van der Waals surface area contributed by atoms with Gasteiger partial charge < -0.3 is 9.64 Å². The molecule has 31 heavy (non-hydrogen) atoms. The molecular formula is C24H27N3O3S. The lowest BCUT2D eigenvalue weighted by molar-refractivity contribution is -0.133. The van der Waals surface area contributed by atoms with Crippen molar-refractivity contribution in [2.24, 2.45) is 10.9 Å². The van der Waals surface area contributed by atoms with Crippen LogP contribution in [0.3, 0.4) is 0 Å². The van der Waals surface area contributed by atoms with Crippen molar-refractivity contribution >= 4 is 34.4 Å². The number of aliphatic imine (C=N–C) groups is 1. The molecule has 2 atom stereocenters. The number of likely N-dealkylation sites (tertiary alicyclic amines) is 1. The smallest absolute Gasteiger partial charge is 0.234 e. The van der Waals surface area contributed by atoms with E-state index in [0.29, 0.717) is 36.3 Å². The first-order valence-corrected chi connectivity index (χ1v) is 11.6. The Balaban J connectivity index is 1.51. The molecule has 2 aromatic rings. The largest absolute Gasteiger partial charge is 0.492 e. The van der Waals surface area contributed by atoms with Crippen LogP contribution in [0, 0.1) is 5.92 Å². The normalized spacial score (nSPS) is 22.4. The number of rotatable bonds is 6. The van der Waals surface area contributed by atoms with Gasteiger partial charge in [0.1, 0.15) is 11.4 Å². The Morgan fingerprint density at radius 3 is 2.68 bits per heavy atom. The third-order valence-electron chi connectivity index (χ3n) is 5.50. The summed E-state index contributed by atoms with van der Waals surface area (Å²) in [6, 6.07) is 17.5. The second-order valence-corrected chi connectivity index (χ2v) is 8.81. The lowest BCUT2D eigenvalue weighted by Gasteiger charge is -2.24. The molecule has 0 aliphatic carbocycles. The lowest BCUT2D eigenvalue weighted by atomic mass is 10.1. The number of ether oxygens (including phenoxy) is 1. The van der Waals surface area contributed by atoms with E-state index in [-0.39, 0.29) is 30.2 Å².